The van der Waals surface area contributed by atoms with Crippen LogP contribution >= 0.6 is 11.3 Å². The van der Waals surface area contributed by atoms with Gasteiger partial charge in [-0.2, -0.15) is 0 Å². The molecule has 0 spiro atoms. The number of hydrogen-bond donors (Lipinski definition) is 0. The molecular formula is C15H12FN3S. The number of aromatic nitrogens is 2. The number of halogens is 1. The van der Waals surface area contributed by atoms with E-state index in [-0.39, 0.29) is 5.82 Å². The van der Waals surface area contributed by atoms with Crippen molar-refractivity contribution in [2.24, 2.45) is 0 Å². The minimum atomic E-state index is -0.255. The van der Waals surface area contributed by atoms with Crippen LogP contribution in [0, 0.1) is 5.82 Å². The molecule has 5 heteroatoms. The summed E-state index contributed by atoms with van der Waals surface area (Å²) in [7, 11) is 0. The zero-order valence-electron chi connectivity index (χ0n) is 10.7. The van der Waals surface area contributed by atoms with Gasteiger partial charge >= 0.3 is 0 Å². The molecule has 3 aromatic rings. The van der Waals surface area contributed by atoms with E-state index in [0.717, 1.165) is 19.5 Å². The molecule has 0 radical (unpaired) electrons. The molecule has 0 amide bonds. The second-order valence-electron chi connectivity index (χ2n) is 4.87. The lowest BCUT2D eigenvalue weighted by molar-refractivity contribution is 0.637. The normalized spacial score (nSPS) is 14.6. The van der Waals surface area contributed by atoms with E-state index in [2.05, 4.69) is 26.3 Å². The summed E-state index contributed by atoms with van der Waals surface area (Å²) >= 11 is 1.80. The first kappa shape index (κ1) is 11.8. The highest BCUT2D eigenvalue weighted by atomic mass is 32.1. The van der Waals surface area contributed by atoms with Crippen molar-refractivity contribution in [2.75, 3.05) is 11.4 Å². The van der Waals surface area contributed by atoms with Crippen molar-refractivity contribution < 1.29 is 4.39 Å². The number of rotatable bonds is 1. The van der Waals surface area contributed by atoms with Gasteiger partial charge in [-0.05, 0) is 35.6 Å². The Kier molecular flexibility index (Phi) is 2.67. The Balaban J connectivity index is 1.84. The molecule has 0 N–H and O–H groups in total. The van der Waals surface area contributed by atoms with Gasteiger partial charge in [-0.25, -0.2) is 14.4 Å². The number of thiophene rings is 1. The molecule has 0 fully saturated rings. The van der Waals surface area contributed by atoms with Crippen molar-refractivity contribution in [1.82, 2.24) is 9.97 Å². The van der Waals surface area contributed by atoms with Gasteiger partial charge in [-0.1, -0.05) is 6.07 Å². The van der Waals surface area contributed by atoms with E-state index in [1.54, 1.807) is 17.4 Å². The summed E-state index contributed by atoms with van der Waals surface area (Å²) in [6.07, 6.45) is 2.51. The van der Waals surface area contributed by atoms with Gasteiger partial charge in [0.1, 0.15) is 18.0 Å². The second-order valence-corrected chi connectivity index (χ2v) is 5.87. The van der Waals surface area contributed by atoms with Crippen LogP contribution in [0.2, 0.25) is 0 Å². The molecule has 0 saturated heterocycles. The molecule has 0 aliphatic carbocycles. The predicted molar refractivity (Wildman–Crippen MR) is 78.6 cm³/mol. The Hall–Kier alpha value is -2.01. The van der Waals surface area contributed by atoms with E-state index in [4.69, 9.17) is 0 Å². The van der Waals surface area contributed by atoms with Crippen LogP contribution in [-0.2, 0) is 13.0 Å². The van der Waals surface area contributed by atoms with Gasteiger partial charge in [0.15, 0.2) is 0 Å². The number of fused-ring (bicyclic) bond motifs is 2. The highest BCUT2D eigenvalue weighted by Crippen LogP contribution is 2.31. The summed E-state index contributed by atoms with van der Waals surface area (Å²) in [6.45, 7) is 1.66. The molecule has 0 saturated carbocycles. The van der Waals surface area contributed by atoms with Gasteiger partial charge in [0.05, 0.1) is 10.9 Å². The van der Waals surface area contributed by atoms with E-state index >= 15 is 0 Å². The molecule has 4 rings (SSSR count). The van der Waals surface area contributed by atoms with Crippen molar-refractivity contribution in [1.29, 1.82) is 0 Å². The van der Waals surface area contributed by atoms with Crippen LogP contribution in [0.4, 0.5) is 10.2 Å². The Morgan fingerprint density at radius 2 is 2.15 bits per heavy atom. The van der Waals surface area contributed by atoms with Crippen LogP contribution in [0.3, 0.4) is 0 Å². The maximum atomic E-state index is 14.1. The molecule has 1 aliphatic heterocycles. The molecule has 1 aliphatic rings. The Bertz CT molecular complexity index is 778. The highest BCUT2D eigenvalue weighted by molar-refractivity contribution is 7.10. The standard InChI is InChI=1S/C15H12FN3S/c16-11-2-1-3-12-14(11)15(18-9-17-12)19-6-4-13-10(8-19)5-7-20-13/h1-3,5,7,9H,4,6,8H2. The van der Waals surface area contributed by atoms with Crippen LogP contribution in [0.25, 0.3) is 10.9 Å². The maximum Gasteiger partial charge on any atom is 0.143 e. The lowest BCUT2D eigenvalue weighted by atomic mass is 10.1. The topological polar surface area (TPSA) is 29.0 Å². The van der Waals surface area contributed by atoms with Crippen molar-refractivity contribution in [2.45, 2.75) is 13.0 Å². The number of anilines is 1. The van der Waals surface area contributed by atoms with E-state index in [0.29, 0.717) is 16.7 Å². The summed E-state index contributed by atoms with van der Waals surface area (Å²) in [5.41, 5.74) is 1.98. The van der Waals surface area contributed by atoms with Crippen LogP contribution in [0.1, 0.15) is 10.4 Å². The fourth-order valence-corrected chi connectivity index (χ4v) is 3.61. The van der Waals surface area contributed by atoms with Gasteiger partial charge in [0.2, 0.25) is 0 Å². The van der Waals surface area contributed by atoms with Gasteiger partial charge in [-0.3, -0.25) is 0 Å². The first-order valence-electron chi connectivity index (χ1n) is 6.52. The fourth-order valence-electron chi connectivity index (χ4n) is 2.72. The van der Waals surface area contributed by atoms with Crippen molar-refractivity contribution >= 4 is 28.1 Å². The summed E-state index contributed by atoms with van der Waals surface area (Å²) < 4.78 is 14.1. The Morgan fingerprint density at radius 1 is 1.20 bits per heavy atom. The predicted octanol–water partition coefficient (Wildman–Crippen LogP) is 3.39. The molecule has 1 aromatic carbocycles. The minimum absolute atomic E-state index is 0.255. The smallest absolute Gasteiger partial charge is 0.143 e. The molecular weight excluding hydrogens is 273 g/mol. The largest absolute Gasteiger partial charge is 0.351 e. The van der Waals surface area contributed by atoms with E-state index in [1.807, 2.05) is 6.07 Å². The minimum Gasteiger partial charge on any atom is -0.351 e. The van der Waals surface area contributed by atoms with E-state index in [1.165, 1.54) is 22.8 Å². The fraction of sp³-hybridized carbons (Fsp3) is 0.200. The second kappa shape index (κ2) is 4.52. The monoisotopic (exact) mass is 285 g/mol. The third-order valence-electron chi connectivity index (χ3n) is 3.70. The molecule has 20 heavy (non-hydrogen) atoms. The van der Waals surface area contributed by atoms with Crippen LogP contribution in [0.5, 0.6) is 0 Å². The van der Waals surface area contributed by atoms with Crippen LogP contribution in [0.15, 0.2) is 36.0 Å². The van der Waals surface area contributed by atoms with Gasteiger partial charge in [0.25, 0.3) is 0 Å². The average Bonchev–Trinajstić information content (AvgIpc) is 2.94. The third kappa shape index (κ3) is 1.78. The molecule has 3 heterocycles. The molecule has 0 unspecified atom stereocenters. The van der Waals surface area contributed by atoms with Crippen LogP contribution in [-0.4, -0.2) is 16.5 Å². The SMILES string of the molecule is Fc1cccc2ncnc(N3CCc4sccc4C3)c12. The van der Waals surface area contributed by atoms with Crippen LogP contribution < -0.4 is 4.90 Å². The Morgan fingerprint density at radius 3 is 3.10 bits per heavy atom. The first-order valence-corrected chi connectivity index (χ1v) is 7.40. The van der Waals surface area contributed by atoms with E-state index in [9.17, 15) is 4.39 Å². The summed E-state index contributed by atoms with van der Waals surface area (Å²) in [6, 6.07) is 7.12. The Labute approximate surface area is 119 Å². The molecule has 0 bridgehead atoms. The number of nitrogens with zero attached hydrogens (tertiary/aromatic N) is 3. The molecule has 2 aromatic heterocycles. The summed E-state index contributed by atoms with van der Waals surface area (Å²) in [4.78, 5) is 12.1. The molecule has 100 valence electrons. The number of hydrogen-bond acceptors (Lipinski definition) is 4. The van der Waals surface area contributed by atoms with Crippen molar-refractivity contribution in [3.05, 3.63) is 52.2 Å². The zero-order valence-corrected chi connectivity index (χ0v) is 11.5. The van der Waals surface area contributed by atoms with Crippen molar-refractivity contribution in [3.63, 3.8) is 0 Å². The quantitative estimate of drug-likeness (QED) is 0.686. The van der Waals surface area contributed by atoms with Gasteiger partial charge < -0.3 is 4.90 Å². The summed E-state index contributed by atoms with van der Waals surface area (Å²) in [5.74, 6) is 0.444. The lowest BCUT2D eigenvalue weighted by Gasteiger charge is -2.28. The molecule has 0 atom stereocenters. The van der Waals surface area contributed by atoms with Gasteiger partial charge in [-0.15, -0.1) is 11.3 Å². The molecule has 3 nitrogen and oxygen atoms in total. The maximum absolute atomic E-state index is 14.1. The zero-order chi connectivity index (χ0) is 13.5. The highest BCUT2D eigenvalue weighted by Gasteiger charge is 2.21. The lowest BCUT2D eigenvalue weighted by Crippen LogP contribution is -2.30. The van der Waals surface area contributed by atoms with Crippen molar-refractivity contribution in [3.8, 4) is 0 Å². The van der Waals surface area contributed by atoms with E-state index < -0.39 is 0 Å². The van der Waals surface area contributed by atoms with Gasteiger partial charge in [0, 0.05) is 18.0 Å². The first-order chi connectivity index (χ1) is 9.83. The number of benzene rings is 1. The third-order valence-corrected chi connectivity index (χ3v) is 4.72. The average molecular weight is 285 g/mol. The summed E-state index contributed by atoms with van der Waals surface area (Å²) in [5, 5.41) is 2.64.